The second-order valence-electron chi connectivity index (χ2n) is 20.3. The molecule has 6 atom stereocenters. The smallest absolute Gasteiger partial charge is 0.335 e. The van der Waals surface area contributed by atoms with Gasteiger partial charge in [0.15, 0.2) is 24.6 Å². The van der Waals surface area contributed by atoms with Crippen LogP contribution in [0.4, 0.5) is 0 Å². The molecule has 0 aromatic carbocycles. The third-order valence-electron chi connectivity index (χ3n) is 13.3. The summed E-state index contributed by atoms with van der Waals surface area (Å²) in [6.45, 7) is 5.81. The molecule has 0 saturated carbocycles. The number of aliphatic hydroxyl groups is 2. The van der Waals surface area contributed by atoms with Crippen LogP contribution in [0.25, 0.3) is 0 Å². The third kappa shape index (κ3) is 41.0. The number of carboxylic acid groups (broad SMARTS) is 1. The maximum atomic E-state index is 13.1. The zero-order valence-electron chi connectivity index (χ0n) is 47.3. The first-order valence-corrected chi connectivity index (χ1v) is 29.9. The van der Waals surface area contributed by atoms with Crippen LogP contribution in [0.15, 0.2) is 72.9 Å². The summed E-state index contributed by atoms with van der Waals surface area (Å²) in [6, 6.07) is 0. The Morgan fingerprint density at radius 1 is 0.453 bits per heavy atom. The third-order valence-corrected chi connectivity index (χ3v) is 13.3. The highest BCUT2D eigenvalue weighted by atomic mass is 16.7. The Balaban J connectivity index is 2.72. The van der Waals surface area contributed by atoms with Gasteiger partial charge in [0.25, 0.3) is 0 Å². The topological polar surface area (TPSA) is 175 Å². The lowest BCUT2D eigenvalue weighted by Gasteiger charge is -2.40. The number of unbranched alkanes of at least 4 members (excludes halogenated alkanes) is 24. The summed E-state index contributed by atoms with van der Waals surface area (Å²) in [5, 5.41) is 31.5. The number of ether oxygens (including phenoxy) is 5. The van der Waals surface area contributed by atoms with E-state index in [1.54, 1.807) is 0 Å². The van der Waals surface area contributed by atoms with Gasteiger partial charge in [0.05, 0.1) is 6.61 Å². The van der Waals surface area contributed by atoms with Crippen LogP contribution in [0.3, 0.4) is 0 Å². The lowest BCUT2D eigenvalue weighted by molar-refractivity contribution is -0.301. The summed E-state index contributed by atoms with van der Waals surface area (Å²) in [6.07, 6.45) is 51.6. The Morgan fingerprint density at radius 3 is 1.33 bits per heavy atom. The van der Waals surface area contributed by atoms with Gasteiger partial charge in [0, 0.05) is 19.3 Å². The molecule has 3 N–H and O–H groups in total. The van der Waals surface area contributed by atoms with Gasteiger partial charge in [-0.1, -0.05) is 216 Å². The number of carbonyl (C=O) groups is 4. The number of carbonyl (C=O) groups excluding carboxylic acids is 3. The van der Waals surface area contributed by atoms with Crippen molar-refractivity contribution in [3.05, 3.63) is 72.9 Å². The van der Waals surface area contributed by atoms with Crippen molar-refractivity contribution in [3.63, 3.8) is 0 Å². The molecule has 6 unspecified atom stereocenters. The summed E-state index contributed by atoms with van der Waals surface area (Å²) in [5.41, 5.74) is 0. The standard InChI is InChI=1S/C63H106O12/c1-4-7-10-13-16-19-22-25-27-28-30-32-34-37-40-43-46-49-55(64)71-52-54(73-56(65)50-47-44-41-38-36-33-29-26-23-20-17-14-11-8-5-2)53-72-63-61(59(68)58(67)60(75-63)62(69)70)74-57(66)51-48-45-42-39-35-31-24-21-18-15-12-9-6-3/h8,11,16-17,19-20,25-27,29,36,38,54,58-61,63,67-68H,4-7,9-10,12-15,18,21-24,28,30-35,37,39-53H2,1-3H3,(H,69,70)/b11-8-,19-16-,20-17-,27-25-,29-26-,38-36-. The minimum Gasteiger partial charge on any atom is -0.479 e. The molecule has 0 aliphatic carbocycles. The zero-order chi connectivity index (χ0) is 54.7. The Morgan fingerprint density at radius 2 is 0.840 bits per heavy atom. The minimum atomic E-state index is -1.91. The van der Waals surface area contributed by atoms with E-state index in [2.05, 4.69) is 93.7 Å². The first kappa shape index (κ1) is 69.2. The number of allylic oxidation sites excluding steroid dienone is 12. The van der Waals surface area contributed by atoms with Crippen molar-refractivity contribution < 1.29 is 58.2 Å². The summed E-state index contributed by atoms with van der Waals surface area (Å²) in [4.78, 5) is 51.1. The van der Waals surface area contributed by atoms with Crippen LogP contribution in [0.5, 0.6) is 0 Å². The number of aliphatic carboxylic acids is 1. The molecule has 0 aromatic rings. The fraction of sp³-hybridized carbons (Fsp3) is 0.746. The SMILES string of the molecule is CC/C=C\C/C=C\C/C=C\C/C=C\CCCCC(=O)OC(COC(=O)CCCCCCCCC/C=C\C/C=C\CCCCC)COC1OC(C(=O)O)C(O)C(O)C1OC(=O)CCCCCCCCCCCCCCC. The molecule has 0 aromatic heterocycles. The Hall–Kier alpha value is -3.84. The van der Waals surface area contributed by atoms with Crippen molar-refractivity contribution in [2.45, 2.75) is 289 Å². The van der Waals surface area contributed by atoms with Crippen LogP contribution in [0.1, 0.15) is 252 Å². The molecule has 12 heteroatoms. The molecule has 75 heavy (non-hydrogen) atoms. The zero-order valence-corrected chi connectivity index (χ0v) is 47.3. The number of aliphatic hydroxyl groups excluding tert-OH is 2. The number of rotatable bonds is 50. The van der Waals surface area contributed by atoms with Gasteiger partial charge in [-0.2, -0.15) is 0 Å². The Kier molecular flexibility index (Phi) is 47.0. The Labute approximate surface area is 455 Å². The van der Waals surface area contributed by atoms with E-state index in [1.165, 1.54) is 89.9 Å². The van der Waals surface area contributed by atoms with E-state index < -0.39 is 67.3 Å². The molecule has 1 aliphatic rings. The summed E-state index contributed by atoms with van der Waals surface area (Å²) >= 11 is 0. The molecule has 0 spiro atoms. The normalized spacial score (nSPS) is 18.7. The number of hydrogen-bond acceptors (Lipinski definition) is 11. The fourth-order valence-corrected chi connectivity index (χ4v) is 8.68. The van der Waals surface area contributed by atoms with E-state index in [0.717, 1.165) is 103 Å². The van der Waals surface area contributed by atoms with E-state index in [4.69, 9.17) is 23.7 Å². The van der Waals surface area contributed by atoms with E-state index in [9.17, 15) is 34.5 Å². The summed E-state index contributed by atoms with van der Waals surface area (Å²) < 4.78 is 28.4. The maximum Gasteiger partial charge on any atom is 0.335 e. The second kappa shape index (κ2) is 50.9. The summed E-state index contributed by atoms with van der Waals surface area (Å²) in [5.74, 6) is -3.18. The van der Waals surface area contributed by atoms with Gasteiger partial charge >= 0.3 is 23.9 Å². The van der Waals surface area contributed by atoms with E-state index in [0.29, 0.717) is 19.3 Å². The highest BCUT2D eigenvalue weighted by Gasteiger charge is 2.50. The molecule has 0 radical (unpaired) electrons. The molecule has 0 bridgehead atoms. The van der Waals surface area contributed by atoms with Crippen LogP contribution in [0, 0.1) is 0 Å². The first-order valence-electron chi connectivity index (χ1n) is 29.9. The van der Waals surface area contributed by atoms with Crippen LogP contribution in [-0.2, 0) is 42.9 Å². The van der Waals surface area contributed by atoms with Crippen molar-refractivity contribution >= 4 is 23.9 Å². The molecule has 1 fully saturated rings. The van der Waals surface area contributed by atoms with Crippen LogP contribution in [0.2, 0.25) is 0 Å². The lowest BCUT2D eigenvalue weighted by Crippen LogP contribution is -2.61. The molecular formula is C63H106O12. The molecule has 430 valence electrons. The van der Waals surface area contributed by atoms with Crippen molar-refractivity contribution in [3.8, 4) is 0 Å². The van der Waals surface area contributed by atoms with Crippen molar-refractivity contribution in [1.82, 2.24) is 0 Å². The minimum absolute atomic E-state index is 0.0558. The average molecular weight is 1060 g/mol. The first-order chi connectivity index (χ1) is 36.6. The fourth-order valence-electron chi connectivity index (χ4n) is 8.68. The molecule has 1 heterocycles. The van der Waals surface area contributed by atoms with Gasteiger partial charge in [0.1, 0.15) is 18.8 Å². The largest absolute Gasteiger partial charge is 0.479 e. The monoisotopic (exact) mass is 1050 g/mol. The van der Waals surface area contributed by atoms with Gasteiger partial charge in [-0.15, -0.1) is 0 Å². The number of carboxylic acids is 1. The van der Waals surface area contributed by atoms with Crippen LogP contribution < -0.4 is 0 Å². The molecule has 1 saturated heterocycles. The highest BCUT2D eigenvalue weighted by molar-refractivity contribution is 5.74. The number of esters is 3. The molecule has 0 amide bonds. The predicted octanol–water partition coefficient (Wildman–Crippen LogP) is 15.3. The van der Waals surface area contributed by atoms with Crippen LogP contribution >= 0.6 is 0 Å². The van der Waals surface area contributed by atoms with E-state index in [1.807, 2.05) is 0 Å². The van der Waals surface area contributed by atoms with Gasteiger partial charge in [-0.25, -0.2) is 4.79 Å². The quantitative estimate of drug-likeness (QED) is 0.0228. The number of hydrogen-bond donors (Lipinski definition) is 3. The lowest BCUT2D eigenvalue weighted by atomic mass is 9.98. The predicted molar refractivity (Wildman–Crippen MR) is 303 cm³/mol. The van der Waals surface area contributed by atoms with Gasteiger partial charge in [-0.3, -0.25) is 14.4 Å². The van der Waals surface area contributed by atoms with Crippen molar-refractivity contribution in [1.29, 1.82) is 0 Å². The van der Waals surface area contributed by atoms with Crippen molar-refractivity contribution in [2.75, 3.05) is 13.2 Å². The average Bonchev–Trinajstić information content (AvgIpc) is 3.39. The second-order valence-corrected chi connectivity index (χ2v) is 20.3. The van der Waals surface area contributed by atoms with E-state index >= 15 is 0 Å². The molecule has 1 aliphatic heterocycles. The van der Waals surface area contributed by atoms with Crippen molar-refractivity contribution in [2.24, 2.45) is 0 Å². The van der Waals surface area contributed by atoms with Gasteiger partial charge < -0.3 is 39.0 Å². The highest BCUT2D eigenvalue weighted by Crippen LogP contribution is 2.26. The van der Waals surface area contributed by atoms with Gasteiger partial charge in [0.2, 0.25) is 0 Å². The summed E-state index contributed by atoms with van der Waals surface area (Å²) in [7, 11) is 0. The Bertz CT molecular complexity index is 1580. The van der Waals surface area contributed by atoms with Crippen LogP contribution in [-0.4, -0.2) is 89.2 Å². The van der Waals surface area contributed by atoms with Gasteiger partial charge in [-0.05, 0) is 89.9 Å². The maximum absolute atomic E-state index is 13.1. The molecule has 12 nitrogen and oxygen atoms in total. The molecular weight excluding hydrogens is 949 g/mol. The van der Waals surface area contributed by atoms with E-state index in [-0.39, 0.29) is 25.9 Å². The molecule has 1 rings (SSSR count).